The van der Waals surface area contributed by atoms with E-state index in [-0.39, 0.29) is 12.5 Å². The second kappa shape index (κ2) is 6.68. The first kappa shape index (κ1) is 14.8. The van der Waals surface area contributed by atoms with Crippen LogP contribution in [-0.2, 0) is 0 Å². The van der Waals surface area contributed by atoms with Crippen molar-refractivity contribution in [1.82, 2.24) is 5.32 Å². The largest absolute Gasteiger partial charge is 0.394 e. The van der Waals surface area contributed by atoms with Crippen LogP contribution in [0.1, 0.15) is 27.5 Å². The summed E-state index contributed by atoms with van der Waals surface area (Å²) in [5.41, 5.74) is 2.39. The van der Waals surface area contributed by atoms with Crippen molar-refractivity contribution in [3.05, 3.63) is 69.7 Å². The van der Waals surface area contributed by atoms with Gasteiger partial charge < -0.3 is 10.4 Å². The highest BCUT2D eigenvalue weighted by atomic mass is 79.9. The number of aliphatic hydroxyl groups excluding tert-OH is 1. The van der Waals surface area contributed by atoms with E-state index < -0.39 is 6.04 Å². The average Bonchev–Trinajstić information content (AvgIpc) is 2.45. The van der Waals surface area contributed by atoms with Gasteiger partial charge >= 0.3 is 0 Å². The van der Waals surface area contributed by atoms with Gasteiger partial charge in [-0.15, -0.1) is 0 Å². The third kappa shape index (κ3) is 3.46. The number of rotatable bonds is 4. The quantitative estimate of drug-likeness (QED) is 0.902. The predicted octanol–water partition coefficient (Wildman–Crippen LogP) is 3.22. The first-order valence-corrected chi connectivity index (χ1v) is 7.14. The number of nitrogens with one attached hydrogen (secondary N) is 1. The minimum absolute atomic E-state index is 0.134. The molecular formula is C16H16BrNO2. The van der Waals surface area contributed by atoms with Crippen molar-refractivity contribution in [2.45, 2.75) is 13.0 Å². The fourth-order valence-corrected chi connectivity index (χ4v) is 2.51. The van der Waals surface area contributed by atoms with Gasteiger partial charge in [0.1, 0.15) is 0 Å². The fraction of sp³-hybridized carbons (Fsp3) is 0.188. The fourth-order valence-electron chi connectivity index (χ4n) is 2.04. The number of benzene rings is 2. The summed E-state index contributed by atoms with van der Waals surface area (Å²) in [6.07, 6.45) is 0. The van der Waals surface area contributed by atoms with Crippen LogP contribution in [0, 0.1) is 6.92 Å². The van der Waals surface area contributed by atoms with Crippen LogP contribution in [0.4, 0.5) is 0 Å². The van der Waals surface area contributed by atoms with Crippen LogP contribution in [0.15, 0.2) is 53.0 Å². The zero-order valence-corrected chi connectivity index (χ0v) is 12.7. The van der Waals surface area contributed by atoms with Crippen molar-refractivity contribution in [3.63, 3.8) is 0 Å². The van der Waals surface area contributed by atoms with E-state index in [0.717, 1.165) is 15.6 Å². The molecule has 2 aromatic carbocycles. The van der Waals surface area contributed by atoms with Gasteiger partial charge in [-0.25, -0.2) is 0 Å². The smallest absolute Gasteiger partial charge is 0.252 e. The van der Waals surface area contributed by atoms with Crippen LogP contribution < -0.4 is 5.32 Å². The predicted molar refractivity (Wildman–Crippen MR) is 82.6 cm³/mol. The first-order valence-electron chi connectivity index (χ1n) is 6.34. The number of hydrogen-bond donors (Lipinski definition) is 2. The second-order valence-electron chi connectivity index (χ2n) is 4.58. The van der Waals surface area contributed by atoms with Gasteiger partial charge in [-0.3, -0.25) is 4.79 Å². The number of aryl methyl sites for hydroxylation is 1. The van der Waals surface area contributed by atoms with Gasteiger partial charge in [0.2, 0.25) is 0 Å². The van der Waals surface area contributed by atoms with Gasteiger partial charge in [0.25, 0.3) is 5.91 Å². The number of carbonyl (C=O) groups excluding carboxylic acids is 1. The molecule has 4 heteroatoms. The zero-order chi connectivity index (χ0) is 14.5. The van der Waals surface area contributed by atoms with Crippen LogP contribution in [0.3, 0.4) is 0 Å². The molecule has 0 aliphatic carbocycles. The number of halogens is 1. The molecule has 104 valence electrons. The molecule has 0 bridgehead atoms. The second-order valence-corrected chi connectivity index (χ2v) is 5.49. The maximum Gasteiger partial charge on any atom is 0.252 e. The first-order chi connectivity index (χ1) is 9.61. The Morgan fingerprint density at radius 2 is 1.95 bits per heavy atom. The van der Waals surface area contributed by atoms with Crippen LogP contribution in [0.2, 0.25) is 0 Å². The lowest BCUT2D eigenvalue weighted by Crippen LogP contribution is -2.31. The van der Waals surface area contributed by atoms with Gasteiger partial charge in [-0.05, 0) is 36.2 Å². The number of carbonyl (C=O) groups is 1. The Bertz CT molecular complexity index is 599. The molecule has 1 amide bonds. The summed E-state index contributed by atoms with van der Waals surface area (Å²) in [5.74, 6) is -0.182. The van der Waals surface area contributed by atoms with Crippen LogP contribution in [-0.4, -0.2) is 17.6 Å². The maximum atomic E-state index is 12.3. The Labute approximate surface area is 126 Å². The molecule has 1 unspecified atom stereocenters. The molecule has 0 aliphatic rings. The molecular weight excluding hydrogens is 318 g/mol. The minimum Gasteiger partial charge on any atom is -0.394 e. The average molecular weight is 334 g/mol. The minimum atomic E-state index is -0.397. The number of hydrogen-bond acceptors (Lipinski definition) is 2. The van der Waals surface area contributed by atoms with Crippen molar-refractivity contribution in [1.29, 1.82) is 0 Å². The molecule has 0 fully saturated rings. The van der Waals surface area contributed by atoms with E-state index in [1.54, 1.807) is 6.07 Å². The molecule has 0 radical (unpaired) electrons. The molecule has 20 heavy (non-hydrogen) atoms. The molecule has 2 rings (SSSR count). The molecule has 0 aliphatic heterocycles. The Balaban J connectivity index is 2.17. The molecule has 2 aromatic rings. The van der Waals surface area contributed by atoms with Crippen LogP contribution in [0.25, 0.3) is 0 Å². The number of amides is 1. The summed E-state index contributed by atoms with van der Waals surface area (Å²) in [6.45, 7) is 1.75. The molecule has 1 atom stereocenters. The van der Waals surface area contributed by atoms with E-state index in [0.29, 0.717) is 5.56 Å². The van der Waals surface area contributed by atoms with Gasteiger partial charge in [-0.1, -0.05) is 46.3 Å². The third-order valence-corrected chi connectivity index (χ3v) is 3.62. The Kier molecular flexibility index (Phi) is 4.93. The summed E-state index contributed by atoms with van der Waals surface area (Å²) in [6, 6.07) is 14.5. The number of aliphatic hydroxyl groups is 1. The van der Waals surface area contributed by atoms with E-state index in [4.69, 9.17) is 0 Å². The normalized spacial score (nSPS) is 11.9. The third-order valence-electron chi connectivity index (χ3n) is 3.12. The van der Waals surface area contributed by atoms with E-state index in [1.807, 2.05) is 49.4 Å². The van der Waals surface area contributed by atoms with E-state index in [9.17, 15) is 9.90 Å². The summed E-state index contributed by atoms with van der Waals surface area (Å²) in [7, 11) is 0. The standard InChI is InChI=1S/C16H16BrNO2/c1-11-9-13(17)7-8-14(11)16(20)18-15(10-19)12-5-3-2-4-6-12/h2-9,15,19H,10H2,1H3,(H,18,20). The highest BCUT2D eigenvalue weighted by molar-refractivity contribution is 9.10. The van der Waals surface area contributed by atoms with Crippen molar-refractivity contribution < 1.29 is 9.90 Å². The Hall–Kier alpha value is -1.65. The SMILES string of the molecule is Cc1cc(Br)ccc1C(=O)NC(CO)c1ccccc1. The van der Waals surface area contributed by atoms with E-state index in [1.165, 1.54) is 0 Å². The molecule has 0 spiro atoms. The van der Waals surface area contributed by atoms with Crippen molar-refractivity contribution in [2.75, 3.05) is 6.61 Å². The Morgan fingerprint density at radius 1 is 1.25 bits per heavy atom. The van der Waals surface area contributed by atoms with Crippen LogP contribution in [0.5, 0.6) is 0 Å². The lowest BCUT2D eigenvalue weighted by atomic mass is 10.1. The van der Waals surface area contributed by atoms with Gasteiger partial charge in [-0.2, -0.15) is 0 Å². The van der Waals surface area contributed by atoms with Crippen molar-refractivity contribution in [2.24, 2.45) is 0 Å². The lowest BCUT2D eigenvalue weighted by Gasteiger charge is -2.17. The molecule has 0 saturated heterocycles. The molecule has 2 N–H and O–H groups in total. The lowest BCUT2D eigenvalue weighted by molar-refractivity contribution is 0.0915. The summed E-state index contributed by atoms with van der Waals surface area (Å²) < 4.78 is 0.938. The highest BCUT2D eigenvalue weighted by Gasteiger charge is 2.16. The van der Waals surface area contributed by atoms with Gasteiger partial charge in [0.05, 0.1) is 12.6 Å². The van der Waals surface area contributed by atoms with Crippen molar-refractivity contribution in [3.8, 4) is 0 Å². The van der Waals surface area contributed by atoms with E-state index >= 15 is 0 Å². The van der Waals surface area contributed by atoms with Gasteiger partial charge in [0.15, 0.2) is 0 Å². The Morgan fingerprint density at radius 3 is 2.55 bits per heavy atom. The molecule has 0 saturated carbocycles. The monoisotopic (exact) mass is 333 g/mol. The summed E-state index contributed by atoms with van der Waals surface area (Å²) in [4.78, 5) is 12.3. The van der Waals surface area contributed by atoms with Crippen LogP contribution >= 0.6 is 15.9 Å². The zero-order valence-electron chi connectivity index (χ0n) is 11.1. The topological polar surface area (TPSA) is 49.3 Å². The summed E-state index contributed by atoms with van der Waals surface area (Å²) >= 11 is 3.37. The highest BCUT2D eigenvalue weighted by Crippen LogP contribution is 2.18. The molecule has 0 aromatic heterocycles. The van der Waals surface area contributed by atoms with E-state index in [2.05, 4.69) is 21.2 Å². The molecule has 0 heterocycles. The maximum absolute atomic E-state index is 12.3. The van der Waals surface area contributed by atoms with Crippen molar-refractivity contribution >= 4 is 21.8 Å². The van der Waals surface area contributed by atoms with Gasteiger partial charge in [0, 0.05) is 10.0 Å². The molecule has 3 nitrogen and oxygen atoms in total. The summed E-state index contributed by atoms with van der Waals surface area (Å²) in [5, 5.41) is 12.3.